The predicted octanol–water partition coefficient (Wildman–Crippen LogP) is 3.66. The second-order valence-electron chi connectivity index (χ2n) is 10.2. The van der Waals surface area contributed by atoms with Crippen LogP contribution in [0.4, 0.5) is 8.78 Å². The molecule has 0 bridgehead atoms. The zero-order valence-corrected chi connectivity index (χ0v) is 23.4. The van der Waals surface area contributed by atoms with Crippen LogP contribution in [0.2, 0.25) is 0 Å². The van der Waals surface area contributed by atoms with E-state index >= 15 is 8.78 Å². The number of rotatable bonds is 10. The van der Waals surface area contributed by atoms with Crippen molar-refractivity contribution in [2.45, 2.75) is 49.1 Å². The summed E-state index contributed by atoms with van der Waals surface area (Å²) in [5, 5.41) is 8.30. The van der Waals surface area contributed by atoms with Crippen molar-refractivity contribution in [3.05, 3.63) is 83.4 Å². The lowest BCUT2D eigenvalue weighted by atomic mass is 9.85. The Morgan fingerprint density at radius 2 is 1.90 bits per heavy atom. The molecule has 4 rings (SSSR count). The van der Waals surface area contributed by atoms with Gasteiger partial charge in [0.15, 0.2) is 0 Å². The molecule has 2 aromatic carbocycles. The van der Waals surface area contributed by atoms with Crippen molar-refractivity contribution in [1.29, 1.82) is 0 Å². The number of carbonyl (C=O) groups is 1. The predicted molar refractivity (Wildman–Crippen MR) is 146 cm³/mol. The number of ether oxygens (including phenoxy) is 2. The van der Waals surface area contributed by atoms with Crippen molar-refractivity contribution >= 4 is 15.9 Å². The van der Waals surface area contributed by atoms with Crippen LogP contribution in [0.5, 0.6) is 0 Å². The van der Waals surface area contributed by atoms with Gasteiger partial charge in [0.2, 0.25) is 15.9 Å². The third kappa shape index (κ3) is 6.28. The fourth-order valence-corrected chi connectivity index (χ4v) is 7.57. The van der Waals surface area contributed by atoms with Crippen LogP contribution in [0.3, 0.4) is 0 Å². The Bertz CT molecular complexity index is 1300. The second-order valence-corrected chi connectivity index (χ2v) is 12.3. The monoisotopic (exact) mass is 578 g/mol. The largest absolute Gasteiger partial charge is 0.395 e. The van der Waals surface area contributed by atoms with E-state index in [1.165, 1.54) is 22.3 Å². The highest BCUT2D eigenvalue weighted by molar-refractivity contribution is 7.89. The van der Waals surface area contributed by atoms with Gasteiger partial charge in [-0.05, 0) is 30.5 Å². The number of aliphatic hydroxyl groups excluding tert-OH is 1. The van der Waals surface area contributed by atoms with Gasteiger partial charge in [0.25, 0.3) is 0 Å². The van der Waals surface area contributed by atoms with E-state index < -0.39 is 44.5 Å². The third-order valence-electron chi connectivity index (χ3n) is 7.81. The van der Waals surface area contributed by atoms with E-state index in [2.05, 4.69) is 6.58 Å². The van der Waals surface area contributed by atoms with Crippen molar-refractivity contribution in [2.24, 2.45) is 0 Å². The third-order valence-corrected chi connectivity index (χ3v) is 10.1. The number of sulfonamides is 1. The van der Waals surface area contributed by atoms with Gasteiger partial charge < -0.3 is 19.5 Å². The number of nitrogens with zero attached hydrogens (tertiary/aromatic N) is 2. The average molecular weight is 579 g/mol. The molecular formula is C29H36F2N2O6S. The Kier molecular flexibility index (Phi) is 9.73. The topological polar surface area (TPSA) is 96.4 Å². The first-order valence-electron chi connectivity index (χ1n) is 13.4. The molecule has 8 nitrogen and oxygen atoms in total. The molecular weight excluding hydrogens is 542 g/mol. The Balaban J connectivity index is 1.62. The van der Waals surface area contributed by atoms with Crippen molar-refractivity contribution in [3.8, 4) is 0 Å². The van der Waals surface area contributed by atoms with Gasteiger partial charge in [0.1, 0.15) is 29.1 Å². The highest BCUT2D eigenvalue weighted by Gasteiger charge is 2.43. The van der Waals surface area contributed by atoms with E-state index in [1.54, 1.807) is 30.3 Å². The molecule has 0 radical (unpaired) electrons. The fraction of sp³-hybridized carbons (Fsp3) is 0.483. The summed E-state index contributed by atoms with van der Waals surface area (Å²) in [4.78, 5) is 13.7. The van der Waals surface area contributed by atoms with Gasteiger partial charge in [-0.1, -0.05) is 36.4 Å². The van der Waals surface area contributed by atoms with Crippen LogP contribution in [0.15, 0.2) is 55.1 Å². The van der Waals surface area contributed by atoms with Crippen LogP contribution in [-0.2, 0) is 36.4 Å². The van der Waals surface area contributed by atoms with Crippen LogP contribution in [0.1, 0.15) is 47.6 Å². The lowest BCUT2D eigenvalue weighted by molar-refractivity contribution is -0.154. The molecule has 1 N–H and O–H groups in total. The summed E-state index contributed by atoms with van der Waals surface area (Å²) in [7, 11) is -2.39. The van der Waals surface area contributed by atoms with Gasteiger partial charge in [-0.2, -0.15) is 4.31 Å². The summed E-state index contributed by atoms with van der Waals surface area (Å²) >= 11 is 0. The fourth-order valence-electron chi connectivity index (χ4n) is 5.42. The maximum absolute atomic E-state index is 15.7. The van der Waals surface area contributed by atoms with E-state index in [0.29, 0.717) is 18.4 Å². The number of likely N-dealkylation sites (N-methyl/N-ethyl adjacent to an activating group) is 1. The minimum atomic E-state index is -3.91. The van der Waals surface area contributed by atoms with Gasteiger partial charge in [0, 0.05) is 63.4 Å². The SMILES string of the molecule is C=C[C@H]1CC[C@H](c2ccccc2)S(=O)(=O)N1Cc1cc(F)c(C2(OCC(=O)N(C)CCO)CCOCC2)cc1F. The standard InChI is InChI=1S/C29H36F2N2O6S/c1-3-23-9-10-27(21-7-5-4-6-8-21)40(36,37)33(23)19-22-17-26(31)24(18-25(22)30)29(11-15-38-16-12-29)39-20-28(35)32(2)13-14-34/h3-8,17-18,23,27,34H,1,9-16,19-20H2,2H3/t23-,27+/m0/s1. The molecule has 2 aliphatic heterocycles. The maximum Gasteiger partial charge on any atom is 0.248 e. The molecule has 218 valence electrons. The zero-order chi connectivity index (χ0) is 28.9. The van der Waals surface area contributed by atoms with Crippen LogP contribution >= 0.6 is 0 Å². The normalized spacial score (nSPS) is 22.5. The van der Waals surface area contributed by atoms with Crippen LogP contribution in [-0.4, -0.2) is 74.7 Å². The molecule has 2 saturated heterocycles. The smallest absolute Gasteiger partial charge is 0.248 e. The molecule has 11 heteroatoms. The number of halogens is 2. The molecule has 0 aromatic heterocycles. The molecule has 0 spiro atoms. The van der Waals surface area contributed by atoms with E-state index in [0.717, 1.165) is 12.1 Å². The minimum absolute atomic E-state index is 0.0430. The summed E-state index contributed by atoms with van der Waals surface area (Å²) in [6.07, 6.45) is 2.83. The quantitative estimate of drug-likeness (QED) is 0.433. The molecule has 0 aliphatic carbocycles. The number of benzene rings is 2. The van der Waals surface area contributed by atoms with Gasteiger partial charge in [0.05, 0.1) is 6.61 Å². The van der Waals surface area contributed by atoms with Crippen molar-refractivity contribution in [1.82, 2.24) is 9.21 Å². The summed E-state index contributed by atoms with van der Waals surface area (Å²) in [5.41, 5.74) is -0.795. The first-order valence-corrected chi connectivity index (χ1v) is 14.9. The highest BCUT2D eigenvalue weighted by Crippen LogP contribution is 2.41. The van der Waals surface area contributed by atoms with Gasteiger partial charge in [-0.15, -0.1) is 6.58 Å². The number of amides is 1. The van der Waals surface area contributed by atoms with Crippen LogP contribution < -0.4 is 0 Å². The van der Waals surface area contributed by atoms with E-state index in [-0.39, 0.29) is 63.5 Å². The number of carbonyl (C=O) groups excluding carboxylic acids is 1. The lowest BCUT2D eigenvalue weighted by Crippen LogP contribution is -2.45. The second kappa shape index (κ2) is 12.9. The van der Waals surface area contributed by atoms with Crippen LogP contribution in [0, 0.1) is 11.6 Å². The summed E-state index contributed by atoms with van der Waals surface area (Å²) in [6, 6.07) is 10.4. The van der Waals surface area contributed by atoms with Crippen molar-refractivity contribution in [3.63, 3.8) is 0 Å². The Labute approximate surface area is 234 Å². The average Bonchev–Trinajstić information content (AvgIpc) is 2.95. The Morgan fingerprint density at radius 3 is 2.55 bits per heavy atom. The summed E-state index contributed by atoms with van der Waals surface area (Å²) in [5.74, 6) is -1.93. The molecule has 40 heavy (non-hydrogen) atoms. The molecule has 2 aliphatic rings. The van der Waals surface area contributed by atoms with E-state index in [9.17, 15) is 13.2 Å². The van der Waals surface area contributed by atoms with Crippen molar-refractivity contribution < 1.29 is 36.6 Å². The molecule has 2 atom stereocenters. The Hall–Kier alpha value is -2.70. The molecule has 1 amide bonds. The van der Waals surface area contributed by atoms with Gasteiger partial charge in [-0.25, -0.2) is 17.2 Å². The number of aliphatic hydroxyl groups is 1. The van der Waals surface area contributed by atoms with E-state index in [4.69, 9.17) is 14.6 Å². The first kappa shape index (κ1) is 30.3. The van der Waals surface area contributed by atoms with Gasteiger partial charge >= 0.3 is 0 Å². The molecule has 2 aromatic rings. The maximum atomic E-state index is 15.7. The number of hydrogen-bond acceptors (Lipinski definition) is 6. The van der Waals surface area contributed by atoms with Gasteiger partial charge in [-0.3, -0.25) is 4.79 Å². The molecule has 2 heterocycles. The molecule has 0 unspecified atom stereocenters. The van der Waals surface area contributed by atoms with E-state index in [1.807, 2.05) is 0 Å². The summed E-state index contributed by atoms with van der Waals surface area (Å²) < 4.78 is 71.3. The van der Waals surface area contributed by atoms with Crippen LogP contribution in [0.25, 0.3) is 0 Å². The lowest BCUT2D eigenvalue weighted by Gasteiger charge is -2.39. The first-order chi connectivity index (χ1) is 19.1. The highest BCUT2D eigenvalue weighted by atomic mass is 32.2. The Morgan fingerprint density at radius 1 is 1.20 bits per heavy atom. The minimum Gasteiger partial charge on any atom is -0.395 e. The zero-order valence-electron chi connectivity index (χ0n) is 22.6. The molecule has 2 fully saturated rings. The molecule has 0 saturated carbocycles. The van der Waals surface area contributed by atoms with Crippen molar-refractivity contribution in [2.75, 3.05) is 40.0 Å². The number of hydrogen-bond donors (Lipinski definition) is 1. The summed E-state index contributed by atoms with van der Waals surface area (Å²) in [6.45, 7) is 3.41.